The van der Waals surface area contributed by atoms with Crippen LogP contribution in [0.15, 0.2) is 24.3 Å². The second-order valence-corrected chi connectivity index (χ2v) is 5.19. The van der Waals surface area contributed by atoms with Crippen LogP contribution < -0.4 is 11.1 Å². The van der Waals surface area contributed by atoms with Crippen molar-refractivity contribution in [1.29, 1.82) is 0 Å². The maximum atomic E-state index is 12.4. The third kappa shape index (κ3) is 2.35. The van der Waals surface area contributed by atoms with E-state index in [1.807, 2.05) is 24.3 Å². The Labute approximate surface area is 109 Å². The molecule has 0 atom stereocenters. The molecule has 0 bridgehead atoms. The first-order valence-corrected chi connectivity index (χ1v) is 6.79. The van der Waals surface area contributed by atoms with Crippen molar-refractivity contribution in [3.05, 3.63) is 29.8 Å². The molecule has 1 fully saturated rings. The zero-order valence-corrected chi connectivity index (χ0v) is 11.2. The minimum atomic E-state index is -0.281. The van der Waals surface area contributed by atoms with Crippen LogP contribution in [0.4, 0.5) is 5.69 Å². The third-order valence-corrected chi connectivity index (χ3v) is 3.97. The molecule has 98 valence electrons. The average Bonchev–Trinajstić information content (AvgIpc) is 3.18. The van der Waals surface area contributed by atoms with Crippen molar-refractivity contribution < 1.29 is 4.79 Å². The molecule has 0 aromatic heterocycles. The van der Waals surface area contributed by atoms with Crippen molar-refractivity contribution in [3.8, 4) is 0 Å². The maximum Gasteiger partial charge on any atom is 0.230 e. The normalized spacial score (nSPS) is 16.6. The number of rotatable bonds is 5. The summed E-state index contributed by atoms with van der Waals surface area (Å²) < 4.78 is 0. The molecule has 0 aliphatic heterocycles. The lowest BCUT2D eigenvalue weighted by atomic mass is 9.94. The standard InChI is InChI=1S/C15H22N2O/c1-3-13(4-2)17-14(18)15(9-10-15)11-5-7-12(16)8-6-11/h5-8,13H,3-4,9-10,16H2,1-2H3,(H,17,18). The minimum absolute atomic E-state index is 0.181. The first-order valence-electron chi connectivity index (χ1n) is 6.79. The summed E-state index contributed by atoms with van der Waals surface area (Å²) in [6.07, 6.45) is 3.87. The number of anilines is 1. The predicted molar refractivity (Wildman–Crippen MR) is 74.3 cm³/mol. The Hall–Kier alpha value is -1.51. The van der Waals surface area contributed by atoms with Gasteiger partial charge >= 0.3 is 0 Å². The van der Waals surface area contributed by atoms with Crippen molar-refractivity contribution in [1.82, 2.24) is 5.32 Å². The summed E-state index contributed by atoms with van der Waals surface area (Å²) in [4.78, 5) is 12.4. The zero-order valence-electron chi connectivity index (χ0n) is 11.2. The molecule has 1 aromatic rings. The second-order valence-electron chi connectivity index (χ2n) is 5.19. The summed E-state index contributed by atoms with van der Waals surface area (Å²) in [6, 6.07) is 8.01. The molecular formula is C15H22N2O. The van der Waals surface area contributed by atoms with Gasteiger partial charge < -0.3 is 11.1 Å². The molecule has 1 aliphatic rings. The van der Waals surface area contributed by atoms with Gasteiger partial charge in [-0.1, -0.05) is 26.0 Å². The van der Waals surface area contributed by atoms with E-state index < -0.39 is 0 Å². The molecule has 18 heavy (non-hydrogen) atoms. The molecule has 1 aliphatic carbocycles. The summed E-state index contributed by atoms with van der Waals surface area (Å²) in [5.41, 5.74) is 7.25. The Morgan fingerprint density at radius 2 is 1.83 bits per heavy atom. The van der Waals surface area contributed by atoms with E-state index in [0.717, 1.165) is 36.9 Å². The van der Waals surface area contributed by atoms with Crippen LogP contribution in [0.5, 0.6) is 0 Å². The topological polar surface area (TPSA) is 55.1 Å². The molecule has 0 spiro atoms. The molecule has 2 rings (SSSR count). The Morgan fingerprint density at radius 1 is 1.28 bits per heavy atom. The third-order valence-electron chi connectivity index (χ3n) is 3.97. The minimum Gasteiger partial charge on any atom is -0.399 e. The van der Waals surface area contributed by atoms with Crippen LogP contribution in [0.1, 0.15) is 45.1 Å². The van der Waals surface area contributed by atoms with E-state index >= 15 is 0 Å². The summed E-state index contributed by atoms with van der Waals surface area (Å²) >= 11 is 0. The van der Waals surface area contributed by atoms with E-state index in [1.165, 1.54) is 0 Å². The predicted octanol–water partition coefficient (Wildman–Crippen LogP) is 2.61. The Kier molecular flexibility index (Phi) is 3.60. The Balaban J connectivity index is 2.11. The largest absolute Gasteiger partial charge is 0.399 e. The number of hydrogen-bond donors (Lipinski definition) is 2. The van der Waals surface area contributed by atoms with Crippen LogP contribution in [0, 0.1) is 0 Å². The van der Waals surface area contributed by atoms with E-state index in [-0.39, 0.29) is 11.3 Å². The summed E-state index contributed by atoms with van der Waals surface area (Å²) in [6.45, 7) is 4.22. The molecule has 0 heterocycles. The van der Waals surface area contributed by atoms with Crippen molar-refractivity contribution in [2.75, 3.05) is 5.73 Å². The molecule has 1 amide bonds. The lowest BCUT2D eigenvalue weighted by Crippen LogP contribution is -2.41. The van der Waals surface area contributed by atoms with Crippen LogP contribution in [-0.4, -0.2) is 11.9 Å². The van der Waals surface area contributed by atoms with E-state index in [4.69, 9.17) is 5.73 Å². The molecule has 1 saturated carbocycles. The fourth-order valence-electron chi connectivity index (χ4n) is 2.39. The van der Waals surface area contributed by atoms with E-state index in [1.54, 1.807) is 0 Å². The highest BCUT2D eigenvalue weighted by Gasteiger charge is 2.51. The lowest BCUT2D eigenvalue weighted by molar-refractivity contribution is -0.124. The number of hydrogen-bond acceptors (Lipinski definition) is 2. The zero-order chi connectivity index (χ0) is 13.2. The first kappa shape index (κ1) is 12.9. The molecule has 0 radical (unpaired) electrons. The molecule has 0 unspecified atom stereocenters. The van der Waals surface area contributed by atoms with E-state index in [0.29, 0.717) is 6.04 Å². The van der Waals surface area contributed by atoms with Gasteiger partial charge in [-0.25, -0.2) is 0 Å². The lowest BCUT2D eigenvalue weighted by Gasteiger charge is -2.21. The highest BCUT2D eigenvalue weighted by Crippen LogP contribution is 2.48. The van der Waals surface area contributed by atoms with Gasteiger partial charge in [-0.05, 0) is 43.4 Å². The van der Waals surface area contributed by atoms with E-state index in [2.05, 4.69) is 19.2 Å². The van der Waals surface area contributed by atoms with Crippen molar-refractivity contribution in [2.45, 2.75) is 51.0 Å². The van der Waals surface area contributed by atoms with Crippen LogP contribution in [0.2, 0.25) is 0 Å². The molecule has 1 aromatic carbocycles. The maximum absolute atomic E-state index is 12.4. The summed E-state index contributed by atoms with van der Waals surface area (Å²) in [7, 11) is 0. The van der Waals surface area contributed by atoms with Crippen LogP contribution in [0.3, 0.4) is 0 Å². The smallest absolute Gasteiger partial charge is 0.230 e. The molecule has 3 N–H and O–H groups in total. The SMILES string of the molecule is CCC(CC)NC(=O)C1(c2ccc(N)cc2)CC1. The van der Waals surface area contributed by atoms with Crippen molar-refractivity contribution in [3.63, 3.8) is 0 Å². The van der Waals surface area contributed by atoms with Gasteiger partial charge in [0.2, 0.25) is 5.91 Å². The van der Waals surface area contributed by atoms with Gasteiger partial charge in [-0.15, -0.1) is 0 Å². The molecule has 3 heteroatoms. The number of nitrogen functional groups attached to an aromatic ring is 1. The first-order chi connectivity index (χ1) is 8.62. The second kappa shape index (κ2) is 5.01. The molecule has 0 saturated heterocycles. The number of amides is 1. The van der Waals surface area contributed by atoms with Crippen LogP contribution >= 0.6 is 0 Å². The average molecular weight is 246 g/mol. The number of nitrogens with one attached hydrogen (secondary N) is 1. The van der Waals surface area contributed by atoms with Gasteiger partial charge in [0, 0.05) is 11.7 Å². The van der Waals surface area contributed by atoms with Crippen molar-refractivity contribution in [2.24, 2.45) is 0 Å². The number of benzene rings is 1. The van der Waals surface area contributed by atoms with Gasteiger partial charge in [-0.3, -0.25) is 4.79 Å². The van der Waals surface area contributed by atoms with Crippen molar-refractivity contribution >= 4 is 11.6 Å². The summed E-state index contributed by atoms with van der Waals surface area (Å²) in [5, 5.41) is 3.16. The number of carbonyl (C=O) groups is 1. The van der Waals surface area contributed by atoms with Crippen LogP contribution in [-0.2, 0) is 10.2 Å². The highest BCUT2D eigenvalue weighted by atomic mass is 16.2. The molecular weight excluding hydrogens is 224 g/mol. The number of nitrogens with two attached hydrogens (primary N) is 1. The Bertz CT molecular complexity index is 417. The van der Waals surface area contributed by atoms with Gasteiger partial charge in [0.25, 0.3) is 0 Å². The fourth-order valence-corrected chi connectivity index (χ4v) is 2.39. The fraction of sp³-hybridized carbons (Fsp3) is 0.533. The molecule has 3 nitrogen and oxygen atoms in total. The quantitative estimate of drug-likeness (QED) is 0.785. The van der Waals surface area contributed by atoms with E-state index in [9.17, 15) is 4.79 Å². The van der Waals surface area contributed by atoms with Gasteiger partial charge in [0.1, 0.15) is 0 Å². The van der Waals surface area contributed by atoms with Gasteiger partial charge in [-0.2, -0.15) is 0 Å². The van der Waals surface area contributed by atoms with Crippen LogP contribution in [0.25, 0.3) is 0 Å². The Morgan fingerprint density at radius 3 is 2.28 bits per heavy atom. The van der Waals surface area contributed by atoms with Gasteiger partial charge in [0.05, 0.1) is 5.41 Å². The summed E-state index contributed by atoms with van der Waals surface area (Å²) in [5.74, 6) is 0.181. The highest BCUT2D eigenvalue weighted by molar-refractivity contribution is 5.91. The monoisotopic (exact) mass is 246 g/mol. The van der Waals surface area contributed by atoms with Gasteiger partial charge in [0.15, 0.2) is 0 Å². The number of carbonyl (C=O) groups excluding carboxylic acids is 1.